The molecule has 0 aliphatic heterocycles. The van der Waals surface area contributed by atoms with Gasteiger partial charge < -0.3 is 4.74 Å². The number of ether oxygens (including phenoxy) is 1. The number of rotatable bonds is 5. The van der Waals surface area contributed by atoms with E-state index in [4.69, 9.17) is 4.74 Å². The van der Waals surface area contributed by atoms with Gasteiger partial charge >= 0.3 is 0 Å². The number of hydrogen-bond acceptors (Lipinski definition) is 2. The van der Waals surface area contributed by atoms with Crippen LogP contribution in [0.25, 0.3) is 0 Å². The topological polar surface area (TPSA) is 21.6 Å². The van der Waals surface area contributed by atoms with Gasteiger partial charge in [0.25, 0.3) is 0 Å². The Morgan fingerprint density at radius 1 is 1.53 bits per heavy atom. The number of alkyl halides is 2. The highest BCUT2D eigenvalue weighted by Crippen LogP contribution is 2.11. The van der Waals surface area contributed by atoms with E-state index in [0.29, 0.717) is 4.83 Å². The van der Waals surface area contributed by atoms with Gasteiger partial charge in [0.2, 0.25) is 0 Å². The molecule has 0 heterocycles. The maximum Gasteiger partial charge on any atom is 0.119 e. The van der Waals surface area contributed by atoms with Gasteiger partial charge in [-0.15, -0.1) is 0 Å². The molecule has 0 N–H and O–H groups in total. The molecule has 1 aromatic rings. The Labute approximate surface area is 107 Å². The summed E-state index contributed by atoms with van der Waals surface area (Å²) in [6.45, 7) is 0.766. The molecule has 0 aliphatic rings. The SMILES string of the molecule is COc1cccc(C=NCC(Br)CBr)c1. The minimum absolute atomic E-state index is 0.388. The number of halogens is 2. The highest BCUT2D eigenvalue weighted by atomic mass is 79.9. The summed E-state index contributed by atoms with van der Waals surface area (Å²) in [7, 11) is 1.66. The van der Waals surface area contributed by atoms with E-state index in [1.54, 1.807) is 7.11 Å². The van der Waals surface area contributed by atoms with Gasteiger partial charge in [-0.1, -0.05) is 44.0 Å². The van der Waals surface area contributed by atoms with Gasteiger partial charge in [0.05, 0.1) is 13.7 Å². The Morgan fingerprint density at radius 2 is 2.33 bits per heavy atom. The number of methoxy groups -OCH3 is 1. The first kappa shape index (κ1) is 12.7. The summed E-state index contributed by atoms with van der Waals surface area (Å²) in [6.07, 6.45) is 1.86. The van der Waals surface area contributed by atoms with E-state index < -0.39 is 0 Å². The third-order valence-corrected chi connectivity index (χ3v) is 4.07. The Balaban J connectivity index is 2.56. The first-order valence-corrected chi connectivity index (χ1v) is 6.64. The smallest absolute Gasteiger partial charge is 0.119 e. The van der Waals surface area contributed by atoms with E-state index in [-0.39, 0.29) is 0 Å². The lowest BCUT2D eigenvalue weighted by molar-refractivity contribution is 0.415. The molecule has 0 saturated heterocycles. The zero-order valence-corrected chi connectivity index (χ0v) is 11.7. The van der Waals surface area contributed by atoms with Crippen molar-refractivity contribution in [2.24, 2.45) is 4.99 Å². The van der Waals surface area contributed by atoms with Crippen LogP contribution in [0.3, 0.4) is 0 Å². The van der Waals surface area contributed by atoms with Crippen molar-refractivity contribution < 1.29 is 4.74 Å². The van der Waals surface area contributed by atoms with Crippen molar-refractivity contribution in [1.82, 2.24) is 0 Å². The summed E-state index contributed by atoms with van der Waals surface area (Å²) in [5.74, 6) is 0.856. The van der Waals surface area contributed by atoms with Gasteiger partial charge in [0, 0.05) is 16.4 Å². The normalized spacial score (nSPS) is 13.0. The summed E-state index contributed by atoms with van der Waals surface area (Å²) >= 11 is 6.88. The van der Waals surface area contributed by atoms with Crippen molar-refractivity contribution in [2.75, 3.05) is 19.0 Å². The predicted octanol–water partition coefficient (Wildman–Crippen LogP) is 3.27. The van der Waals surface area contributed by atoms with Crippen LogP contribution in [0.5, 0.6) is 5.75 Å². The molecule has 1 atom stereocenters. The van der Waals surface area contributed by atoms with E-state index >= 15 is 0 Å². The van der Waals surface area contributed by atoms with E-state index in [9.17, 15) is 0 Å². The van der Waals surface area contributed by atoms with Crippen molar-refractivity contribution in [3.63, 3.8) is 0 Å². The zero-order chi connectivity index (χ0) is 11.1. The molecule has 0 radical (unpaired) electrons. The minimum Gasteiger partial charge on any atom is -0.497 e. The quantitative estimate of drug-likeness (QED) is 0.598. The Bertz CT molecular complexity index is 328. The molecule has 4 heteroatoms. The number of nitrogens with zero attached hydrogens (tertiary/aromatic N) is 1. The van der Waals surface area contributed by atoms with E-state index in [1.807, 2.05) is 30.5 Å². The van der Waals surface area contributed by atoms with Crippen LogP contribution in [0.15, 0.2) is 29.3 Å². The fraction of sp³-hybridized carbons (Fsp3) is 0.364. The van der Waals surface area contributed by atoms with Crippen molar-refractivity contribution in [2.45, 2.75) is 4.83 Å². The summed E-state index contributed by atoms with van der Waals surface area (Å²) in [6, 6.07) is 7.84. The average molecular weight is 335 g/mol. The Kier molecular flexibility index (Phi) is 5.95. The molecule has 1 unspecified atom stereocenters. The highest BCUT2D eigenvalue weighted by Gasteiger charge is 1.98. The second-order valence-electron chi connectivity index (χ2n) is 3.02. The van der Waals surface area contributed by atoms with Crippen molar-refractivity contribution >= 4 is 38.1 Å². The fourth-order valence-corrected chi connectivity index (χ4v) is 1.42. The monoisotopic (exact) mass is 333 g/mol. The first-order valence-electron chi connectivity index (χ1n) is 4.60. The van der Waals surface area contributed by atoms with Crippen LogP contribution in [0.2, 0.25) is 0 Å². The molecule has 82 valence electrons. The molecule has 1 rings (SSSR count). The molecule has 0 aliphatic carbocycles. The average Bonchev–Trinajstić information content (AvgIpc) is 2.29. The molecule has 0 saturated carbocycles. The molecule has 2 nitrogen and oxygen atoms in total. The van der Waals surface area contributed by atoms with Crippen LogP contribution in [-0.2, 0) is 0 Å². The van der Waals surface area contributed by atoms with Gasteiger partial charge in [-0.05, 0) is 17.7 Å². The molecule has 0 amide bonds. The third kappa shape index (κ3) is 4.80. The van der Waals surface area contributed by atoms with Crippen LogP contribution >= 0.6 is 31.9 Å². The van der Waals surface area contributed by atoms with Crippen LogP contribution in [0.4, 0.5) is 0 Å². The molecule has 0 bridgehead atoms. The second-order valence-corrected chi connectivity index (χ2v) is 4.96. The molecular formula is C11H13Br2NO. The van der Waals surface area contributed by atoms with Gasteiger partial charge in [-0.2, -0.15) is 0 Å². The predicted molar refractivity (Wildman–Crippen MR) is 72.0 cm³/mol. The maximum absolute atomic E-state index is 5.13. The minimum atomic E-state index is 0.388. The summed E-state index contributed by atoms with van der Waals surface area (Å²) in [5, 5.41) is 0.905. The lowest BCUT2D eigenvalue weighted by atomic mass is 10.2. The lowest BCUT2D eigenvalue weighted by Gasteiger charge is -2.01. The number of hydrogen-bond donors (Lipinski definition) is 0. The molecule has 1 aromatic carbocycles. The number of aliphatic imine (C=N–C) groups is 1. The summed E-state index contributed by atoms with van der Waals surface area (Å²) in [5.41, 5.74) is 1.06. The van der Waals surface area contributed by atoms with Crippen molar-refractivity contribution in [3.8, 4) is 5.75 Å². The molecular weight excluding hydrogens is 322 g/mol. The van der Waals surface area contributed by atoms with E-state index in [1.165, 1.54) is 0 Å². The van der Waals surface area contributed by atoms with Crippen molar-refractivity contribution in [3.05, 3.63) is 29.8 Å². The van der Waals surface area contributed by atoms with Crippen LogP contribution in [-0.4, -0.2) is 30.0 Å². The third-order valence-electron chi connectivity index (χ3n) is 1.81. The van der Waals surface area contributed by atoms with Crippen LogP contribution < -0.4 is 4.74 Å². The highest BCUT2D eigenvalue weighted by molar-refractivity contribution is 9.12. The summed E-state index contributed by atoms with van der Waals surface area (Å²) < 4.78 is 5.13. The van der Waals surface area contributed by atoms with Gasteiger partial charge in [-0.25, -0.2) is 0 Å². The van der Waals surface area contributed by atoms with Gasteiger partial charge in [0.1, 0.15) is 5.75 Å². The largest absolute Gasteiger partial charge is 0.497 e. The van der Waals surface area contributed by atoms with Crippen molar-refractivity contribution in [1.29, 1.82) is 0 Å². The molecule has 0 aromatic heterocycles. The maximum atomic E-state index is 5.13. The van der Waals surface area contributed by atoms with E-state index in [0.717, 1.165) is 23.2 Å². The number of benzene rings is 1. The molecule has 0 spiro atoms. The second kappa shape index (κ2) is 7.01. The fourth-order valence-electron chi connectivity index (χ4n) is 1.04. The summed E-state index contributed by atoms with van der Waals surface area (Å²) in [4.78, 5) is 4.72. The Hall–Kier alpha value is -0.350. The first-order chi connectivity index (χ1) is 7.26. The van der Waals surface area contributed by atoms with Gasteiger partial charge in [-0.3, -0.25) is 4.99 Å². The van der Waals surface area contributed by atoms with E-state index in [2.05, 4.69) is 36.9 Å². The lowest BCUT2D eigenvalue weighted by Crippen LogP contribution is -2.03. The molecule has 15 heavy (non-hydrogen) atoms. The standard InChI is InChI=1S/C11H13Br2NO/c1-15-11-4-2-3-9(5-11)7-14-8-10(13)6-12/h2-5,7,10H,6,8H2,1H3. The van der Waals surface area contributed by atoms with Crippen LogP contribution in [0.1, 0.15) is 5.56 Å². The van der Waals surface area contributed by atoms with Gasteiger partial charge in [0.15, 0.2) is 0 Å². The zero-order valence-electron chi connectivity index (χ0n) is 8.49. The Morgan fingerprint density at radius 3 is 3.00 bits per heavy atom. The molecule has 0 fully saturated rings. The van der Waals surface area contributed by atoms with Crippen LogP contribution in [0, 0.1) is 0 Å².